The maximum atomic E-state index is 13.2. The molecule has 0 saturated heterocycles. The van der Waals surface area contributed by atoms with Crippen LogP contribution < -0.4 is 0 Å². The van der Waals surface area contributed by atoms with Crippen molar-refractivity contribution in [3.05, 3.63) is 35.6 Å². The van der Waals surface area contributed by atoms with E-state index >= 15 is 0 Å². The zero-order valence-electron chi connectivity index (χ0n) is 11.6. The first kappa shape index (κ1) is 15.2. The second-order valence-electron chi connectivity index (χ2n) is 5.06. The van der Waals surface area contributed by atoms with E-state index in [1.165, 1.54) is 31.4 Å². The summed E-state index contributed by atoms with van der Waals surface area (Å²) in [6.45, 7) is 4.14. The van der Waals surface area contributed by atoms with Crippen LogP contribution in [0.3, 0.4) is 0 Å². The quantitative estimate of drug-likeness (QED) is 0.660. The highest BCUT2D eigenvalue weighted by Gasteiger charge is 2.26. The molecule has 0 amide bonds. The first-order valence-corrected chi connectivity index (χ1v) is 7.11. The molecule has 1 atom stereocenters. The third-order valence-electron chi connectivity index (χ3n) is 3.64. The number of hydrogen-bond acceptors (Lipinski definition) is 1. The van der Waals surface area contributed by atoms with Gasteiger partial charge in [-0.3, -0.25) is 0 Å². The van der Waals surface area contributed by atoms with Crippen molar-refractivity contribution in [1.29, 1.82) is 0 Å². The second kappa shape index (κ2) is 7.52. The lowest BCUT2D eigenvalue weighted by Gasteiger charge is -2.27. The van der Waals surface area contributed by atoms with Gasteiger partial charge < -0.3 is 5.11 Å². The molecule has 0 aromatic heterocycles. The molecule has 0 aliphatic carbocycles. The summed E-state index contributed by atoms with van der Waals surface area (Å²) in [5.74, 6) is -0.273. The van der Waals surface area contributed by atoms with Gasteiger partial charge in [0.1, 0.15) is 5.82 Å². The van der Waals surface area contributed by atoms with Gasteiger partial charge in [-0.15, -0.1) is 0 Å². The number of aliphatic hydroxyl groups is 1. The fourth-order valence-electron chi connectivity index (χ4n) is 2.32. The summed E-state index contributed by atoms with van der Waals surface area (Å²) >= 11 is 0. The highest BCUT2D eigenvalue weighted by atomic mass is 19.1. The fraction of sp³-hybridized carbons (Fsp3) is 0.625. The molecule has 1 unspecified atom stereocenters. The minimum absolute atomic E-state index is 0.273. The van der Waals surface area contributed by atoms with Crippen molar-refractivity contribution in [1.82, 2.24) is 0 Å². The predicted molar refractivity (Wildman–Crippen MR) is 74.0 cm³/mol. The van der Waals surface area contributed by atoms with Crippen LogP contribution in [0.4, 0.5) is 4.39 Å². The summed E-state index contributed by atoms with van der Waals surface area (Å²) in [6, 6.07) is 6.36. The van der Waals surface area contributed by atoms with E-state index in [0.29, 0.717) is 12.0 Å². The molecule has 0 aliphatic heterocycles. The van der Waals surface area contributed by atoms with E-state index < -0.39 is 5.60 Å². The molecule has 102 valence electrons. The predicted octanol–water partition coefficient (Wildman–Crippen LogP) is 4.78. The van der Waals surface area contributed by atoms with Crippen LogP contribution in [-0.4, -0.2) is 5.11 Å². The van der Waals surface area contributed by atoms with Crippen molar-refractivity contribution >= 4 is 0 Å². The Morgan fingerprint density at radius 2 is 1.83 bits per heavy atom. The summed E-state index contributed by atoms with van der Waals surface area (Å²) in [5.41, 5.74) is -0.158. The van der Waals surface area contributed by atoms with Crippen molar-refractivity contribution < 1.29 is 9.50 Å². The molecule has 0 fully saturated rings. The van der Waals surface area contributed by atoms with E-state index in [1.807, 2.05) is 13.0 Å². The van der Waals surface area contributed by atoms with Gasteiger partial charge in [0.15, 0.2) is 0 Å². The average molecular weight is 252 g/mol. The number of unbranched alkanes of at least 4 members (excludes halogenated alkanes) is 4. The minimum atomic E-state index is -0.867. The Hall–Kier alpha value is -0.890. The van der Waals surface area contributed by atoms with Gasteiger partial charge >= 0.3 is 0 Å². The van der Waals surface area contributed by atoms with Crippen LogP contribution in [0.1, 0.15) is 64.4 Å². The summed E-state index contributed by atoms with van der Waals surface area (Å²) in [7, 11) is 0. The van der Waals surface area contributed by atoms with E-state index in [-0.39, 0.29) is 5.82 Å². The van der Waals surface area contributed by atoms with Gasteiger partial charge in [-0.2, -0.15) is 0 Å². The van der Waals surface area contributed by atoms with Gasteiger partial charge in [-0.1, -0.05) is 58.1 Å². The number of rotatable bonds is 8. The molecule has 0 aliphatic rings. The standard InChI is InChI=1S/C16H25FO/c1-3-5-6-7-8-12-16(18,4-2)14-10-9-11-15(17)13-14/h9-11,13,18H,3-8,12H2,1-2H3. The van der Waals surface area contributed by atoms with Crippen LogP contribution in [0.5, 0.6) is 0 Å². The largest absolute Gasteiger partial charge is 0.385 e. The Labute approximate surface area is 110 Å². The minimum Gasteiger partial charge on any atom is -0.385 e. The van der Waals surface area contributed by atoms with Gasteiger partial charge in [0, 0.05) is 0 Å². The van der Waals surface area contributed by atoms with Gasteiger partial charge in [-0.25, -0.2) is 4.39 Å². The maximum Gasteiger partial charge on any atom is 0.123 e. The number of halogens is 1. The van der Waals surface area contributed by atoms with Crippen LogP contribution in [0.25, 0.3) is 0 Å². The Morgan fingerprint density at radius 1 is 1.11 bits per heavy atom. The molecule has 0 saturated carbocycles. The van der Waals surface area contributed by atoms with Gasteiger partial charge in [0.05, 0.1) is 5.60 Å². The van der Waals surface area contributed by atoms with Crippen molar-refractivity contribution in [3.8, 4) is 0 Å². The lowest BCUT2D eigenvalue weighted by Crippen LogP contribution is -2.24. The van der Waals surface area contributed by atoms with E-state index in [9.17, 15) is 9.50 Å². The zero-order chi connectivity index (χ0) is 13.4. The third kappa shape index (κ3) is 4.41. The van der Waals surface area contributed by atoms with E-state index in [2.05, 4.69) is 6.92 Å². The van der Waals surface area contributed by atoms with Gasteiger partial charge in [0.2, 0.25) is 0 Å². The molecule has 1 rings (SSSR count). The van der Waals surface area contributed by atoms with Crippen LogP contribution in [-0.2, 0) is 5.60 Å². The zero-order valence-corrected chi connectivity index (χ0v) is 11.6. The van der Waals surface area contributed by atoms with Crippen molar-refractivity contribution in [3.63, 3.8) is 0 Å². The molecule has 18 heavy (non-hydrogen) atoms. The van der Waals surface area contributed by atoms with Crippen molar-refractivity contribution in [2.45, 2.75) is 64.4 Å². The fourth-order valence-corrected chi connectivity index (χ4v) is 2.32. The van der Waals surface area contributed by atoms with E-state index in [0.717, 1.165) is 19.3 Å². The maximum absolute atomic E-state index is 13.2. The molecule has 0 heterocycles. The smallest absolute Gasteiger partial charge is 0.123 e. The van der Waals surface area contributed by atoms with E-state index in [4.69, 9.17) is 0 Å². The van der Waals surface area contributed by atoms with Crippen LogP contribution in [0.15, 0.2) is 24.3 Å². The van der Waals surface area contributed by atoms with Crippen LogP contribution in [0, 0.1) is 5.82 Å². The van der Waals surface area contributed by atoms with Crippen LogP contribution in [0.2, 0.25) is 0 Å². The van der Waals surface area contributed by atoms with E-state index in [1.54, 1.807) is 6.07 Å². The monoisotopic (exact) mass is 252 g/mol. The Kier molecular flexibility index (Phi) is 6.34. The van der Waals surface area contributed by atoms with Crippen LogP contribution >= 0.6 is 0 Å². The Bertz CT molecular complexity index is 351. The Morgan fingerprint density at radius 3 is 2.44 bits per heavy atom. The molecule has 1 aromatic rings. The highest BCUT2D eigenvalue weighted by Crippen LogP contribution is 2.31. The first-order valence-electron chi connectivity index (χ1n) is 7.11. The van der Waals surface area contributed by atoms with Crippen molar-refractivity contribution in [2.75, 3.05) is 0 Å². The molecule has 1 aromatic carbocycles. The molecular weight excluding hydrogens is 227 g/mol. The average Bonchev–Trinajstić information content (AvgIpc) is 2.38. The number of benzene rings is 1. The summed E-state index contributed by atoms with van der Waals surface area (Å²) in [6.07, 6.45) is 7.19. The topological polar surface area (TPSA) is 20.2 Å². The molecule has 0 bridgehead atoms. The first-order chi connectivity index (χ1) is 8.62. The summed E-state index contributed by atoms with van der Waals surface area (Å²) in [4.78, 5) is 0. The summed E-state index contributed by atoms with van der Waals surface area (Å²) < 4.78 is 13.2. The molecule has 1 nitrogen and oxygen atoms in total. The molecule has 1 N–H and O–H groups in total. The lowest BCUT2D eigenvalue weighted by atomic mass is 9.86. The second-order valence-corrected chi connectivity index (χ2v) is 5.06. The Balaban J connectivity index is 2.56. The molecule has 2 heteroatoms. The lowest BCUT2D eigenvalue weighted by molar-refractivity contribution is 0.0204. The number of hydrogen-bond donors (Lipinski definition) is 1. The van der Waals surface area contributed by atoms with Gasteiger partial charge in [0.25, 0.3) is 0 Å². The van der Waals surface area contributed by atoms with Gasteiger partial charge in [-0.05, 0) is 30.5 Å². The SMILES string of the molecule is CCCCCCCC(O)(CC)c1cccc(F)c1. The summed E-state index contributed by atoms with van der Waals surface area (Å²) in [5, 5.41) is 10.6. The highest BCUT2D eigenvalue weighted by molar-refractivity contribution is 5.23. The molecular formula is C16H25FO. The normalized spacial score (nSPS) is 14.4. The molecule has 0 spiro atoms. The molecule has 0 radical (unpaired) electrons. The third-order valence-corrected chi connectivity index (χ3v) is 3.64. The van der Waals surface area contributed by atoms with Crippen molar-refractivity contribution in [2.24, 2.45) is 0 Å².